The van der Waals surface area contributed by atoms with Gasteiger partial charge in [0.1, 0.15) is 0 Å². The number of rotatable bonds is 4. The molecule has 0 heterocycles. The average Bonchev–Trinajstić information content (AvgIpc) is 2.17. The molecular formula is C11H14NO3. The third-order valence-corrected chi connectivity index (χ3v) is 2.05. The third-order valence-electron chi connectivity index (χ3n) is 2.05. The fourth-order valence-electron chi connectivity index (χ4n) is 1.26. The Labute approximate surface area is 89.0 Å². The number of benzene rings is 1. The van der Waals surface area contributed by atoms with Crippen LogP contribution in [0.25, 0.3) is 0 Å². The largest absolute Gasteiger partial charge is 0.487 e. The van der Waals surface area contributed by atoms with Crippen molar-refractivity contribution in [1.29, 1.82) is 0 Å². The van der Waals surface area contributed by atoms with Crippen LogP contribution in [0.15, 0.2) is 18.2 Å². The van der Waals surface area contributed by atoms with Gasteiger partial charge in [0.25, 0.3) is 0 Å². The number of hydrogen-bond acceptors (Lipinski definition) is 3. The summed E-state index contributed by atoms with van der Waals surface area (Å²) in [5.74, 6) is 0.403. The SMILES string of the molecule is [CH2]C(C)c1ccc([N+](=O)[O-])c(OCC)c1. The lowest BCUT2D eigenvalue weighted by Gasteiger charge is -2.08. The van der Waals surface area contributed by atoms with Gasteiger partial charge in [-0.3, -0.25) is 10.1 Å². The van der Waals surface area contributed by atoms with E-state index in [4.69, 9.17) is 4.74 Å². The van der Waals surface area contributed by atoms with E-state index >= 15 is 0 Å². The molecule has 1 rings (SSSR count). The summed E-state index contributed by atoms with van der Waals surface area (Å²) in [6.07, 6.45) is 0. The average molecular weight is 208 g/mol. The predicted octanol–water partition coefficient (Wildman–Crippen LogP) is 2.93. The Morgan fingerprint density at radius 2 is 2.27 bits per heavy atom. The molecule has 1 unspecified atom stereocenters. The summed E-state index contributed by atoms with van der Waals surface area (Å²) in [6, 6.07) is 4.85. The van der Waals surface area contributed by atoms with E-state index in [1.54, 1.807) is 19.1 Å². The zero-order chi connectivity index (χ0) is 11.4. The molecule has 15 heavy (non-hydrogen) atoms. The fraction of sp³-hybridized carbons (Fsp3) is 0.364. The summed E-state index contributed by atoms with van der Waals surface area (Å²) in [5.41, 5.74) is 0.935. The minimum atomic E-state index is -0.442. The molecule has 0 saturated carbocycles. The van der Waals surface area contributed by atoms with Crippen LogP contribution < -0.4 is 4.74 Å². The first kappa shape index (κ1) is 11.5. The van der Waals surface area contributed by atoms with Crippen LogP contribution in [0.1, 0.15) is 25.3 Å². The Kier molecular flexibility index (Phi) is 3.66. The molecule has 0 fully saturated rings. The van der Waals surface area contributed by atoms with Gasteiger partial charge in [0, 0.05) is 6.07 Å². The van der Waals surface area contributed by atoms with Crippen LogP contribution in [0.2, 0.25) is 0 Å². The van der Waals surface area contributed by atoms with Gasteiger partial charge in [-0.1, -0.05) is 13.0 Å². The molecule has 4 heteroatoms. The second kappa shape index (κ2) is 4.77. The van der Waals surface area contributed by atoms with Gasteiger partial charge >= 0.3 is 5.69 Å². The quantitative estimate of drug-likeness (QED) is 0.564. The zero-order valence-electron chi connectivity index (χ0n) is 8.90. The van der Waals surface area contributed by atoms with Gasteiger partial charge in [0.15, 0.2) is 5.75 Å². The molecule has 0 saturated heterocycles. The van der Waals surface area contributed by atoms with Crippen molar-refractivity contribution in [3.8, 4) is 5.75 Å². The van der Waals surface area contributed by atoms with E-state index in [2.05, 4.69) is 6.92 Å². The summed E-state index contributed by atoms with van der Waals surface area (Å²) in [5, 5.41) is 10.7. The van der Waals surface area contributed by atoms with Crippen molar-refractivity contribution in [2.45, 2.75) is 19.8 Å². The van der Waals surface area contributed by atoms with E-state index in [0.717, 1.165) is 5.56 Å². The summed E-state index contributed by atoms with van der Waals surface area (Å²) in [4.78, 5) is 10.2. The Hall–Kier alpha value is -1.58. The maximum absolute atomic E-state index is 10.7. The van der Waals surface area contributed by atoms with Crippen molar-refractivity contribution >= 4 is 5.69 Å². The molecule has 0 aromatic heterocycles. The molecule has 0 aliphatic rings. The standard InChI is InChI=1S/C11H14NO3/c1-4-15-11-7-9(8(2)3)5-6-10(11)12(13)14/h5-8H,2,4H2,1,3H3. The van der Waals surface area contributed by atoms with Crippen LogP contribution in [0.4, 0.5) is 5.69 Å². The highest BCUT2D eigenvalue weighted by molar-refractivity contribution is 5.49. The molecule has 1 aromatic rings. The van der Waals surface area contributed by atoms with Crippen LogP contribution in [0.3, 0.4) is 0 Å². The van der Waals surface area contributed by atoms with E-state index < -0.39 is 4.92 Å². The summed E-state index contributed by atoms with van der Waals surface area (Å²) >= 11 is 0. The monoisotopic (exact) mass is 208 g/mol. The molecule has 81 valence electrons. The summed E-state index contributed by atoms with van der Waals surface area (Å²) in [7, 11) is 0. The van der Waals surface area contributed by atoms with Gasteiger partial charge in [-0.25, -0.2) is 0 Å². The minimum absolute atomic E-state index is 0.00116. The Balaban J connectivity index is 3.14. The van der Waals surface area contributed by atoms with Gasteiger partial charge in [0.2, 0.25) is 0 Å². The summed E-state index contributed by atoms with van der Waals surface area (Å²) in [6.45, 7) is 7.99. The molecule has 0 aliphatic carbocycles. The lowest BCUT2D eigenvalue weighted by atomic mass is 10.0. The minimum Gasteiger partial charge on any atom is -0.487 e. The highest BCUT2D eigenvalue weighted by Crippen LogP contribution is 2.30. The molecule has 0 N–H and O–H groups in total. The zero-order valence-corrected chi connectivity index (χ0v) is 8.90. The first-order valence-corrected chi connectivity index (χ1v) is 4.80. The molecule has 4 nitrogen and oxygen atoms in total. The molecule has 0 spiro atoms. The van der Waals surface area contributed by atoms with Crippen molar-refractivity contribution < 1.29 is 9.66 Å². The molecule has 0 aliphatic heterocycles. The third kappa shape index (κ3) is 2.68. The van der Waals surface area contributed by atoms with Crippen molar-refractivity contribution in [3.63, 3.8) is 0 Å². The maximum atomic E-state index is 10.7. The Morgan fingerprint density at radius 1 is 1.60 bits per heavy atom. The molecular weight excluding hydrogens is 194 g/mol. The van der Waals surface area contributed by atoms with Crippen molar-refractivity contribution in [2.24, 2.45) is 0 Å². The molecule has 1 radical (unpaired) electrons. The van der Waals surface area contributed by atoms with Crippen molar-refractivity contribution in [2.75, 3.05) is 6.61 Å². The molecule has 0 amide bonds. The van der Waals surface area contributed by atoms with E-state index in [-0.39, 0.29) is 11.6 Å². The predicted molar refractivity (Wildman–Crippen MR) is 58.0 cm³/mol. The lowest BCUT2D eigenvalue weighted by molar-refractivity contribution is -0.385. The molecule has 1 aromatic carbocycles. The second-order valence-electron chi connectivity index (χ2n) is 3.32. The molecule has 1 atom stereocenters. The second-order valence-corrected chi connectivity index (χ2v) is 3.32. The van der Waals surface area contributed by atoms with E-state index in [1.165, 1.54) is 6.07 Å². The van der Waals surface area contributed by atoms with Crippen LogP contribution in [0.5, 0.6) is 5.75 Å². The summed E-state index contributed by atoms with van der Waals surface area (Å²) < 4.78 is 5.22. The number of nitro benzene ring substituents is 1. The smallest absolute Gasteiger partial charge is 0.310 e. The highest BCUT2D eigenvalue weighted by Gasteiger charge is 2.15. The van der Waals surface area contributed by atoms with Gasteiger partial charge in [-0.15, -0.1) is 0 Å². The fourth-order valence-corrected chi connectivity index (χ4v) is 1.26. The van der Waals surface area contributed by atoms with Gasteiger partial charge < -0.3 is 4.74 Å². The Morgan fingerprint density at radius 3 is 2.73 bits per heavy atom. The maximum Gasteiger partial charge on any atom is 0.310 e. The van der Waals surface area contributed by atoms with Gasteiger partial charge in [-0.05, 0) is 31.4 Å². The highest BCUT2D eigenvalue weighted by atomic mass is 16.6. The number of nitrogens with zero attached hydrogens (tertiary/aromatic N) is 1. The van der Waals surface area contributed by atoms with Crippen LogP contribution in [-0.2, 0) is 0 Å². The first-order chi connectivity index (χ1) is 7.06. The van der Waals surface area contributed by atoms with E-state index in [0.29, 0.717) is 12.4 Å². The lowest BCUT2D eigenvalue weighted by Crippen LogP contribution is -1.99. The van der Waals surface area contributed by atoms with Crippen molar-refractivity contribution in [3.05, 3.63) is 40.8 Å². The van der Waals surface area contributed by atoms with E-state index in [1.807, 2.05) is 6.92 Å². The van der Waals surface area contributed by atoms with Crippen LogP contribution in [0, 0.1) is 17.0 Å². The topological polar surface area (TPSA) is 52.4 Å². The van der Waals surface area contributed by atoms with Crippen LogP contribution in [-0.4, -0.2) is 11.5 Å². The molecule has 0 bridgehead atoms. The normalized spacial score (nSPS) is 10.4. The number of ether oxygens (including phenoxy) is 1. The van der Waals surface area contributed by atoms with E-state index in [9.17, 15) is 10.1 Å². The van der Waals surface area contributed by atoms with Gasteiger partial charge in [0.05, 0.1) is 11.5 Å². The first-order valence-electron chi connectivity index (χ1n) is 4.80. The Bertz CT molecular complexity index is 361. The van der Waals surface area contributed by atoms with Gasteiger partial charge in [-0.2, -0.15) is 0 Å². The number of nitro groups is 1. The van der Waals surface area contributed by atoms with Crippen LogP contribution >= 0.6 is 0 Å². The number of hydrogen-bond donors (Lipinski definition) is 0. The van der Waals surface area contributed by atoms with Crippen molar-refractivity contribution in [1.82, 2.24) is 0 Å².